The number of nitrogens with zero attached hydrogens (tertiary/aromatic N) is 1. The Morgan fingerprint density at radius 2 is 1.61 bits per heavy atom. The summed E-state index contributed by atoms with van der Waals surface area (Å²) in [4.78, 5) is 4.52. The summed E-state index contributed by atoms with van der Waals surface area (Å²) < 4.78 is 5.55. The average Bonchev–Trinajstić information content (AvgIpc) is 2.47. The van der Waals surface area contributed by atoms with E-state index in [1.165, 1.54) is 0 Å². The molecule has 1 aromatic heterocycles. The summed E-state index contributed by atoms with van der Waals surface area (Å²) >= 11 is 0. The van der Waals surface area contributed by atoms with E-state index in [1.54, 1.807) is 7.11 Å². The summed E-state index contributed by atoms with van der Waals surface area (Å²) in [7, 11) is 1.69. The zero-order valence-electron chi connectivity index (χ0n) is 10.1. The van der Waals surface area contributed by atoms with E-state index < -0.39 is 0 Å². The van der Waals surface area contributed by atoms with E-state index in [1.807, 2.05) is 54.7 Å². The van der Waals surface area contributed by atoms with E-state index in [4.69, 9.17) is 4.74 Å². The molecule has 0 fully saturated rings. The molecule has 0 spiro atoms. The Balaban J connectivity index is 2.31. The molecule has 0 bridgehead atoms. The van der Waals surface area contributed by atoms with Crippen LogP contribution in [0.3, 0.4) is 0 Å². The van der Waals surface area contributed by atoms with Gasteiger partial charge in [-0.2, -0.15) is 0 Å². The molecule has 18 heavy (non-hydrogen) atoms. The zero-order chi connectivity index (χ0) is 12.4. The van der Waals surface area contributed by atoms with Crippen molar-refractivity contribution >= 4 is 10.8 Å². The lowest BCUT2D eigenvalue weighted by atomic mass is 10.1. The van der Waals surface area contributed by atoms with Crippen molar-refractivity contribution in [2.75, 3.05) is 7.11 Å². The second kappa shape index (κ2) is 4.49. The van der Waals surface area contributed by atoms with Crippen LogP contribution in [-0.4, -0.2) is 12.1 Å². The molecule has 0 aliphatic heterocycles. The Morgan fingerprint density at radius 3 is 2.39 bits per heavy atom. The molecular weight excluding hydrogens is 222 g/mol. The normalized spacial score (nSPS) is 10.5. The van der Waals surface area contributed by atoms with Crippen molar-refractivity contribution in [3.63, 3.8) is 0 Å². The molecule has 0 amide bonds. The van der Waals surface area contributed by atoms with Crippen LogP contribution in [0.2, 0.25) is 0 Å². The predicted octanol–water partition coefficient (Wildman–Crippen LogP) is 3.91. The summed E-state index contributed by atoms with van der Waals surface area (Å²) in [5.41, 5.74) is 1.96. The van der Waals surface area contributed by atoms with Crippen molar-refractivity contribution in [2.45, 2.75) is 0 Å². The molecule has 3 aromatic rings. The molecule has 2 heteroatoms. The Labute approximate surface area is 106 Å². The minimum absolute atomic E-state index is 0.833. The van der Waals surface area contributed by atoms with Crippen LogP contribution in [0.4, 0.5) is 0 Å². The minimum atomic E-state index is 0.833. The highest BCUT2D eigenvalue weighted by Gasteiger charge is 2.10. The SMILES string of the molecule is COc1c(-c2ccccc2)ncc2ccccc12. The van der Waals surface area contributed by atoms with Crippen LogP contribution in [0.5, 0.6) is 5.75 Å². The first-order chi connectivity index (χ1) is 8.90. The number of methoxy groups -OCH3 is 1. The van der Waals surface area contributed by atoms with E-state index in [0.717, 1.165) is 27.8 Å². The topological polar surface area (TPSA) is 22.1 Å². The molecule has 88 valence electrons. The molecule has 3 rings (SSSR count). The van der Waals surface area contributed by atoms with Gasteiger partial charge in [0.2, 0.25) is 0 Å². The molecule has 2 nitrogen and oxygen atoms in total. The standard InChI is InChI=1S/C16H13NO/c1-18-16-14-10-6-5-9-13(14)11-17-15(16)12-7-3-2-4-8-12/h2-11H,1H3. The number of hydrogen-bond donors (Lipinski definition) is 0. The van der Waals surface area contributed by atoms with E-state index in [-0.39, 0.29) is 0 Å². The van der Waals surface area contributed by atoms with Gasteiger partial charge in [0.25, 0.3) is 0 Å². The first-order valence-electron chi connectivity index (χ1n) is 5.87. The van der Waals surface area contributed by atoms with Crippen molar-refractivity contribution in [3.05, 3.63) is 60.8 Å². The van der Waals surface area contributed by atoms with Gasteiger partial charge in [-0.25, -0.2) is 0 Å². The molecule has 1 heterocycles. The van der Waals surface area contributed by atoms with E-state index in [9.17, 15) is 0 Å². The third-order valence-electron chi connectivity index (χ3n) is 3.00. The van der Waals surface area contributed by atoms with Crippen LogP contribution in [0, 0.1) is 0 Å². The van der Waals surface area contributed by atoms with Gasteiger partial charge in [-0.1, -0.05) is 54.6 Å². The molecule has 0 unspecified atom stereocenters. The van der Waals surface area contributed by atoms with Gasteiger partial charge in [0.05, 0.1) is 7.11 Å². The maximum atomic E-state index is 5.55. The van der Waals surface area contributed by atoms with Crippen molar-refractivity contribution < 1.29 is 4.74 Å². The minimum Gasteiger partial charge on any atom is -0.494 e. The molecule has 0 atom stereocenters. The zero-order valence-corrected chi connectivity index (χ0v) is 10.1. The van der Waals surface area contributed by atoms with Crippen molar-refractivity contribution in [3.8, 4) is 17.0 Å². The van der Waals surface area contributed by atoms with E-state index >= 15 is 0 Å². The van der Waals surface area contributed by atoms with Crippen LogP contribution < -0.4 is 4.74 Å². The summed E-state index contributed by atoms with van der Waals surface area (Å²) in [6, 6.07) is 18.2. The number of benzene rings is 2. The second-order valence-corrected chi connectivity index (χ2v) is 4.09. The van der Waals surface area contributed by atoms with Crippen molar-refractivity contribution in [1.82, 2.24) is 4.98 Å². The lowest BCUT2D eigenvalue weighted by Gasteiger charge is -2.10. The summed E-state index contributed by atoms with van der Waals surface area (Å²) in [6.07, 6.45) is 1.89. The lowest BCUT2D eigenvalue weighted by Crippen LogP contribution is -1.92. The van der Waals surface area contributed by atoms with Gasteiger partial charge in [-0.15, -0.1) is 0 Å². The number of hydrogen-bond acceptors (Lipinski definition) is 2. The molecule has 0 saturated carbocycles. The highest BCUT2D eigenvalue weighted by atomic mass is 16.5. The molecule has 0 aliphatic rings. The fourth-order valence-corrected chi connectivity index (χ4v) is 2.14. The second-order valence-electron chi connectivity index (χ2n) is 4.09. The highest BCUT2D eigenvalue weighted by molar-refractivity contribution is 5.92. The van der Waals surface area contributed by atoms with Gasteiger partial charge >= 0.3 is 0 Å². The maximum absolute atomic E-state index is 5.55. The number of aromatic nitrogens is 1. The smallest absolute Gasteiger partial charge is 0.152 e. The largest absolute Gasteiger partial charge is 0.494 e. The molecular formula is C16H13NO. The number of fused-ring (bicyclic) bond motifs is 1. The number of ether oxygens (including phenoxy) is 1. The molecule has 0 saturated heterocycles. The molecule has 2 aromatic carbocycles. The Kier molecular flexibility index (Phi) is 2.69. The third kappa shape index (κ3) is 1.72. The summed E-state index contributed by atoms with van der Waals surface area (Å²) in [5.74, 6) is 0.833. The Hall–Kier alpha value is -2.35. The molecule has 0 N–H and O–H groups in total. The number of pyridine rings is 1. The van der Waals surface area contributed by atoms with Gasteiger partial charge in [-0.3, -0.25) is 4.98 Å². The van der Waals surface area contributed by atoms with Gasteiger partial charge in [-0.05, 0) is 0 Å². The molecule has 0 radical (unpaired) electrons. The van der Waals surface area contributed by atoms with Gasteiger partial charge in [0, 0.05) is 22.5 Å². The maximum Gasteiger partial charge on any atom is 0.152 e. The lowest BCUT2D eigenvalue weighted by molar-refractivity contribution is 0.420. The fourth-order valence-electron chi connectivity index (χ4n) is 2.14. The van der Waals surface area contributed by atoms with Crippen LogP contribution >= 0.6 is 0 Å². The summed E-state index contributed by atoms with van der Waals surface area (Å²) in [5, 5.41) is 2.18. The van der Waals surface area contributed by atoms with Gasteiger partial charge in [0.15, 0.2) is 5.75 Å². The van der Waals surface area contributed by atoms with Crippen molar-refractivity contribution in [1.29, 1.82) is 0 Å². The van der Waals surface area contributed by atoms with E-state index in [2.05, 4.69) is 11.1 Å². The first-order valence-corrected chi connectivity index (χ1v) is 5.87. The number of rotatable bonds is 2. The van der Waals surface area contributed by atoms with Gasteiger partial charge < -0.3 is 4.74 Å². The van der Waals surface area contributed by atoms with Crippen LogP contribution in [-0.2, 0) is 0 Å². The quantitative estimate of drug-likeness (QED) is 0.671. The van der Waals surface area contributed by atoms with Crippen LogP contribution in [0.25, 0.3) is 22.0 Å². The average molecular weight is 235 g/mol. The van der Waals surface area contributed by atoms with E-state index in [0.29, 0.717) is 0 Å². The first kappa shape index (κ1) is 10.8. The third-order valence-corrected chi connectivity index (χ3v) is 3.00. The Morgan fingerprint density at radius 1 is 0.889 bits per heavy atom. The summed E-state index contributed by atoms with van der Waals surface area (Å²) in [6.45, 7) is 0. The van der Waals surface area contributed by atoms with Crippen LogP contribution in [0.15, 0.2) is 60.8 Å². The predicted molar refractivity (Wildman–Crippen MR) is 73.7 cm³/mol. The fraction of sp³-hybridized carbons (Fsp3) is 0.0625. The molecule has 0 aliphatic carbocycles. The monoisotopic (exact) mass is 235 g/mol. The van der Waals surface area contributed by atoms with Crippen molar-refractivity contribution in [2.24, 2.45) is 0 Å². The van der Waals surface area contributed by atoms with Crippen LogP contribution in [0.1, 0.15) is 0 Å². The van der Waals surface area contributed by atoms with Gasteiger partial charge in [0.1, 0.15) is 5.69 Å². The Bertz CT molecular complexity index is 677. The highest BCUT2D eigenvalue weighted by Crippen LogP contribution is 2.34.